The summed E-state index contributed by atoms with van der Waals surface area (Å²) in [4.78, 5) is 3.47. The van der Waals surface area contributed by atoms with Gasteiger partial charge >= 0.3 is 0 Å². The van der Waals surface area contributed by atoms with E-state index >= 15 is 0 Å². The summed E-state index contributed by atoms with van der Waals surface area (Å²) in [5.74, 6) is 0. The van der Waals surface area contributed by atoms with Crippen LogP contribution < -0.4 is 4.72 Å². The van der Waals surface area contributed by atoms with Crippen LogP contribution in [0.25, 0.3) is 10.9 Å². The lowest BCUT2D eigenvalue weighted by Gasteiger charge is -2.07. The van der Waals surface area contributed by atoms with Gasteiger partial charge in [-0.05, 0) is 60.9 Å². The van der Waals surface area contributed by atoms with Crippen LogP contribution in [0.5, 0.6) is 0 Å². The first kappa shape index (κ1) is 17.5. The topological polar surface area (TPSA) is 62.0 Å². The summed E-state index contributed by atoms with van der Waals surface area (Å²) >= 11 is 9.33. The number of benzene rings is 2. The molecule has 0 amide bonds. The van der Waals surface area contributed by atoms with Crippen molar-refractivity contribution >= 4 is 48.5 Å². The molecule has 4 nitrogen and oxygen atoms in total. The van der Waals surface area contributed by atoms with Gasteiger partial charge in [-0.15, -0.1) is 0 Å². The molecule has 0 saturated heterocycles. The molecule has 1 heterocycles. The molecule has 0 bridgehead atoms. The molecule has 0 atom stereocenters. The fourth-order valence-electron chi connectivity index (χ4n) is 2.54. The third-order valence-electron chi connectivity index (χ3n) is 3.77. The number of H-pyrrole nitrogens is 1. The summed E-state index contributed by atoms with van der Waals surface area (Å²) in [6, 6.07) is 12.3. The van der Waals surface area contributed by atoms with Crippen molar-refractivity contribution < 1.29 is 8.42 Å². The predicted molar refractivity (Wildman–Crippen MR) is 101 cm³/mol. The van der Waals surface area contributed by atoms with Crippen LogP contribution in [0.2, 0.25) is 5.02 Å². The summed E-state index contributed by atoms with van der Waals surface area (Å²) in [5.41, 5.74) is 2.17. The molecule has 0 spiro atoms. The average Bonchev–Trinajstić information content (AvgIpc) is 2.94. The first-order valence-electron chi connectivity index (χ1n) is 7.46. The number of aryl methyl sites for hydroxylation is 1. The molecule has 2 aromatic carbocycles. The highest BCUT2D eigenvalue weighted by molar-refractivity contribution is 9.10. The number of hydrogen-bond donors (Lipinski definition) is 2. The Hall–Kier alpha value is -1.34. The fraction of sp³-hybridized carbons (Fsp3) is 0.176. The van der Waals surface area contributed by atoms with Gasteiger partial charge in [0, 0.05) is 33.1 Å². The molecule has 0 aliphatic carbocycles. The van der Waals surface area contributed by atoms with Gasteiger partial charge < -0.3 is 4.98 Å². The maximum absolute atomic E-state index is 12.2. The maximum atomic E-state index is 12.2. The normalized spacial score (nSPS) is 11.9. The van der Waals surface area contributed by atoms with E-state index in [0.29, 0.717) is 18.0 Å². The Balaban J connectivity index is 1.60. The molecule has 1 aromatic heterocycles. The Morgan fingerprint density at radius 3 is 2.62 bits per heavy atom. The minimum Gasteiger partial charge on any atom is -0.361 e. The molecular weight excluding hydrogens is 412 g/mol. The van der Waals surface area contributed by atoms with Crippen molar-refractivity contribution in [1.82, 2.24) is 9.71 Å². The summed E-state index contributed by atoms with van der Waals surface area (Å²) in [6.45, 7) is 0.381. The van der Waals surface area contributed by atoms with Crippen molar-refractivity contribution in [2.24, 2.45) is 0 Å². The summed E-state index contributed by atoms with van der Waals surface area (Å²) in [5, 5.41) is 1.78. The van der Waals surface area contributed by atoms with Crippen LogP contribution in [-0.4, -0.2) is 19.9 Å². The van der Waals surface area contributed by atoms with Crippen molar-refractivity contribution in [3.05, 3.63) is 63.7 Å². The van der Waals surface area contributed by atoms with Gasteiger partial charge in [0.15, 0.2) is 0 Å². The van der Waals surface area contributed by atoms with Crippen LogP contribution in [0.4, 0.5) is 0 Å². The van der Waals surface area contributed by atoms with Crippen molar-refractivity contribution in [2.75, 3.05) is 6.54 Å². The van der Waals surface area contributed by atoms with Gasteiger partial charge in [0.2, 0.25) is 10.0 Å². The van der Waals surface area contributed by atoms with E-state index in [0.717, 1.165) is 27.4 Å². The fourth-order valence-corrected chi connectivity index (χ4v) is 4.05. The van der Waals surface area contributed by atoms with Crippen molar-refractivity contribution in [2.45, 2.75) is 17.7 Å². The molecule has 0 radical (unpaired) electrons. The van der Waals surface area contributed by atoms with Crippen LogP contribution in [0.1, 0.15) is 12.0 Å². The van der Waals surface area contributed by atoms with Gasteiger partial charge in [0.25, 0.3) is 0 Å². The van der Waals surface area contributed by atoms with Gasteiger partial charge in [-0.3, -0.25) is 0 Å². The quantitative estimate of drug-likeness (QED) is 0.569. The zero-order valence-electron chi connectivity index (χ0n) is 12.7. The van der Waals surface area contributed by atoms with Crippen molar-refractivity contribution in [1.29, 1.82) is 0 Å². The minimum atomic E-state index is -3.47. The van der Waals surface area contributed by atoms with Gasteiger partial charge in [-0.1, -0.05) is 27.5 Å². The smallest absolute Gasteiger partial charge is 0.240 e. The van der Waals surface area contributed by atoms with Crippen molar-refractivity contribution in [3.8, 4) is 0 Å². The number of nitrogens with one attached hydrogen (secondary N) is 2. The Kier molecular flexibility index (Phi) is 5.30. The molecule has 0 unspecified atom stereocenters. The number of halogens is 2. The number of aromatic amines is 1. The van der Waals surface area contributed by atoms with E-state index in [4.69, 9.17) is 11.6 Å². The molecule has 3 rings (SSSR count). The van der Waals surface area contributed by atoms with E-state index in [2.05, 4.69) is 25.6 Å². The Morgan fingerprint density at radius 1 is 1.12 bits per heavy atom. The van der Waals surface area contributed by atoms with Crippen LogP contribution in [0.3, 0.4) is 0 Å². The van der Waals surface area contributed by atoms with Crippen LogP contribution in [-0.2, 0) is 16.4 Å². The van der Waals surface area contributed by atoms with Gasteiger partial charge in [-0.2, -0.15) is 0 Å². The van der Waals surface area contributed by atoms with E-state index in [1.54, 1.807) is 24.3 Å². The summed E-state index contributed by atoms with van der Waals surface area (Å²) in [7, 11) is -3.47. The SMILES string of the molecule is O=S(=O)(NCCCc1c[nH]c2ccc(Cl)cc12)c1ccc(Br)cc1. The second kappa shape index (κ2) is 7.27. The number of aromatic nitrogens is 1. The monoisotopic (exact) mass is 426 g/mol. The lowest BCUT2D eigenvalue weighted by atomic mass is 10.1. The second-order valence-corrected chi connectivity index (χ2v) is 8.58. The van der Waals surface area contributed by atoms with Crippen LogP contribution in [0.15, 0.2) is 58.0 Å². The first-order valence-corrected chi connectivity index (χ1v) is 10.1. The lowest BCUT2D eigenvalue weighted by Crippen LogP contribution is -2.25. The second-order valence-electron chi connectivity index (χ2n) is 5.46. The number of fused-ring (bicyclic) bond motifs is 1. The molecule has 24 heavy (non-hydrogen) atoms. The number of hydrogen-bond acceptors (Lipinski definition) is 2. The molecule has 126 valence electrons. The average molecular weight is 428 g/mol. The summed E-state index contributed by atoms with van der Waals surface area (Å²) < 4.78 is 27.9. The van der Waals surface area contributed by atoms with Gasteiger partial charge in [0.1, 0.15) is 0 Å². The standard InChI is InChI=1S/C17H16BrClN2O2S/c18-13-3-6-15(7-4-13)24(22,23)21-9-1-2-12-11-20-17-8-5-14(19)10-16(12)17/h3-8,10-11,20-21H,1-2,9H2. The molecule has 0 saturated carbocycles. The molecular formula is C17H16BrClN2O2S. The van der Waals surface area contributed by atoms with E-state index in [1.807, 2.05) is 24.4 Å². The maximum Gasteiger partial charge on any atom is 0.240 e. The minimum absolute atomic E-state index is 0.268. The third kappa shape index (κ3) is 4.00. The van der Waals surface area contributed by atoms with Crippen molar-refractivity contribution in [3.63, 3.8) is 0 Å². The Bertz CT molecular complexity index is 952. The highest BCUT2D eigenvalue weighted by atomic mass is 79.9. The molecule has 3 aromatic rings. The Labute approximate surface area is 154 Å². The van der Waals surface area contributed by atoms with E-state index < -0.39 is 10.0 Å². The van der Waals surface area contributed by atoms with Crippen LogP contribution >= 0.6 is 27.5 Å². The van der Waals surface area contributed by atoms with E-state index in [1.165, 1.54) is 0 Å². The third-order valence-corrected chi connectivity index (χ3v) is 6.01. The highest BCUT2D eigenvalue weighted by Crippen LogP contribution is 2.23. The van der Waals surface area contributed by atoms with Gasteiger partial charge in [-0.25, -0.2) is 13.1 Å². The molecule has 0 fully saturated rings. The lowest BCUT2D eigenvalue weighted by molar-refractivity contribution is 0.579. The molecule has 2 N–H and O–H groups in total. The Morgan fingerprint density at radius 2 is 1.88 bits per heavy atom. The van der Waals surface area contributed by atoms with E-state index in [-0.39, 0.29) is 4.90 Å². The summed E-state index contributed by atoms with van der Waals surface area (Å²) in [6.07, 6.45) is 3.42. The number of rotatable bonds is 6. The van der Waals surface area contributed by atoms with Crippen LogP contribution in [0, 0.1) is 0 Å². The molecule has 0 aliphatic rings. The molecule has 0 aliphatic heterocycles. The van der Waals surface area contributed by atoms with E-state index in [9.17, 15) is 8.42 Å². The largest absolute Gasteiger partial charge is 0.361 e. The molecule has 7 heteroatoms. The zero-order valence-corrected chi connectivity index (χ0v) is 15.9. The highest BCUT2D eigenvalue weighted by Gasteiger charge is 2.13. The first-order chi connectivity index (χ1) is 11.5. The predicted octanol–water partition coefficient (Wildman–Crippen LogP) is 4.49. The zero-order chi connectivity index (χ0) is 17.2. The number of sulfonamides is 1. The van der Waals surface area contributed by atoms with Gasteiger partial charge in [0.05, 0.1) is 4.90 Å².